The minimum atomic E-state index is -4.59. The van der Waals surface area contributed by atoms with Crippen LogP contribution in [0.3, 0.4) is 0 Å². The van der Waals surface area contributed by atoms with Crippen molar-refractivity contribution >= 4 is 39.9 Å². The van der Waals surface area contributed by atoms with E-state index in [0.29, 0.717) is 24.0 Å². The lowest BCUT2D eigenvalue weighted by Gasteiger charge is -2.37. The molecule has 35 heavy (non-hydrogen) atoms. The van der Waals surface area contributed by atoms with Crippen LogP contribution in [0.15, 0.2) is 30.3 Å². The number of halogens is 5. The van der Waals surface area contributed by atoms with Gasteiger partial charge in [-0.2, -0.15) is 13.2 Å². The summed E-state index contributed by atoms with van der Waals surface area (Å²) in [6.07, 6.45) is -3.72. The molecule has 0 radical (unpaired) electrons. The van der Waals surface area contributed by atoms with Crippen molar-refractivity contribution in [1.29, 1.82) is 0 Å². The maximum Gasteiger partial charge on any atom is 0.434 e. The van der Waals surface area contributed by atoms with E-state index in [-0.39, 0.29) is 11.9 Å². The van der Waals surface area contributed by atoms with Crippen LogP contribution in [0, 0.1) is 5.92 Å². The van der Waals surface area contributed by atoms with E-state index in [0.717, 1.165) is 50.0 Å². The molecule has 0 aliphatic carbocycles. The van der Waals surface area contributed by atoms with E-state index >= 15 is 0 Å². The van der Waals surface area contributed by atoms with Crippen LogP contribution in [-0.2, 0) is 12.6 Å². The minimum absolute atomic E-state index is 0.115. The number of anilines is 1. The highest BCUT2D eigenvalue weighted by molar-refractivity contribution is 6.31. The maximum atomic E-state index is 13.1. The number of fused-ring (bicyclic) bond motifs is 3. The maximum absolute atomic E-state index is 13.1. The Hall–Kier alpha value is -2.04. The Balaban J connectivity index is 1.30. The van der Waals surface area contributed by atoms with Crippen LogP contribution in [0.4, 0.5) is 19.0 Å². The first-order valence-electron chi connectivity index (χ1n) is 11.7. The summed E-state index contributed by atoms with van der Waals surface area (Å²) < 4.78 is 39.4. The molecule has 0 saturated carbocycles. The van der Waals surface area contributed by atoms with Gasteiger partial charge in [0.25, 0.3) is 0 Å². The van der Waals surface area contributed by atoms with Gasteiger partial charge >= 0.3 is 6.18 Å². The monoisotopic (exact) mass is 526 g/mol. The molecular formula is C24H27Cl2F3N6. The molecule has 1 unspecified atom stereocenters. The summed E-state index contributed by atoms with van der Waals surface area (Å²) in [5.74, 6) is 0.806. The van der Waals surface area contributed by atoms with Crippen LogP contribution in [0.25, 0.3) is 10.9 Å². The van der Waals surface area contributed by atoms with Gasteiger partial charge in [-0.25, -0.2) is 4.98 Å². The van der Waals surface area contributed by atoms with Crippen LogP contribution in [0.1, 0.15) is 23.0 Å². The fourth-order valence-corrected chi connectivity index (χ4v) is 5.26. The molecule has 1 aromatic carbocycles. The fourth-order valence-electron chi connectivity index (χ4n) is 4.87. The number of hydrogen-bond donors (Lipinski definition) is 4. The van der Waals surface area contributed by atoms with E-state index in [1.807, 2.05) is 18.2 Å². The molecule has 0 spiro atoms. The molecule has 1 fully saturated rings. The second-order valence-electron chi connectivity index (χ2n) is 9.14. The summed E-state index contributed by atoms with van der Waals surface area (Å²) in [7, 11) is 0. The molecule has 188 valence electrons. The Bertz CT molecular complexity index is 1190. The number of H-pyrrole nitrogens is 1. The Morgan fingerprint density at radius 2 is 1.94 bits per heavy atom. The zero-order chi connectivity index (χ0) is 24.6. The molecule has 6 nitrogen and oxygen atoms in total. The molecule has 3 aromatic rings. The zero-order valence-corrected chi connectivity index (χ0v) is 20.5. The standard InChI is InChI=1S/C24H27Cl2F3N6/c25-15-1-3-19-17(9-15)16-5-7-35(20(22(16)33-19)13-31-12-14-10-30-11-14)8-6-32-21-4-2-18(26)23(34-21)24(27,28)29/h1-4,9,14,20,30-31,33H,5-8,10-13H2,(H,32,34). The van der Waals surface area contributed by atoms with E-state index in [4.69, 9.17) is 23.2 Å². The molecule has 2 aromatic heterocycles. The second kappa shape index (κ2) is 10.1. The number of hydrogen-bond acceptors (Lipinski definition) is 5. The first-order chi connectivity index (χ1) is 16.8. The van der Waals surface area contributed by atoms with Crippen molar-refractivity contribution in [3.05, 3.63) is 57.3 Å². The third-order valence-corrected chi connectivity index (χ3v) is 7.32. The van der Waals surface area contributed by atoms with Crippen molar-refractivity contribution in [3.63, 3.8) is 0 Å². The average Bonchev–Trinajstić information content (AvgIpc) is 3.14. The summed E-state index contributed by atoms with van der Waals surface area (Å²) in [6.45, 7) is 5.75. The molecular weight excluding hydrogens is 500 g/mol. The van der Waals surface area contributed by atoms with Crippen LogP contribution < -0.4 is 16.0 Å². The number of nitrogens with zero attached hydrogens (tertiary/aromatic N) is 2. The molecule has 2 aliphatic heterocycles. The van der Waals surface area contributed by atoms with Crippen molar-refractivity contribution in [1.82, 2.24) is 25.5 Å². The normalized spacial score (nSPS) is 19.1. The number of aromatic amines is 1. The molecule has 1 saturated heterocycles. The topological polar surface area (TPSA) is 68.0 Å². The molecule has 0 bridgehead atoms. The van der Waals surface area contributed by atoms with Crippen LogP contribution in [0.2, 0.25) is 10.0 Å². The SMILES string of the molecule is FC(F)(F)c1nc(NCCN2CCc3c([nH]c4ccc(Cl)cc34)C2CNCC2CNC2)ccc1Cl. The Labute approximate surface area is 211 Å². The molecule has 4 heterocycles. The highest BCUT2D eigenvalue weighted by atomic mass is 35.5. The zero-order valence-electron chi connectivity index (χ0n) is 19.0. The number of aromatic nitrogens is 2. The van der Waals surface area contributed by atoms with Crippen molar-refractivity contribution in [2.45, 2.75) is 18.6 Å². The summed E-state index contributed by atoms with van der Waals surface area (Å²) in [5.41, 5.74) is 2.46. The van der Waals surface area contributed by atoms with Crippen molar-refractivity contribution in [2.24, 2.45) is 5.92 Å². The number of nitrogens with one attached hydrogen (secondary N) is 4. The quantitative estimate of drug-likeness (QED) is 0.342. The van der Waals surface area contributed by atoms with Gasteiger partial charge in [0.05, 0.1) is 11.1 Å². The highest BCUT2D eigenvalue weighted by Gasteiger charge is 2.35. The van der Waals surface area contributed by atoms with Gasteiger partial charge in [-0.15, -0.1) is 0 Å². The summed E-state index contributed by atoms with van der Waals surface area (Å²) in [4.78, 5) is 9.64. The molecule has 0 amide bonds. The van der Waals surface area contributed by atoms with Crippen molar-refractivity contribution in [2.75, 3.05) is 51.1 Å². The lowest BCUT2D eigenvalue weighted by atomic mass is 9.96. The molecule has 4 N–H and O–H groups in total. The van der Waals surface area contributed by atoms with Gasteiger partial charge in [0.2, 0.25) is 0 Å². The number of alkyl halides is 3. The predicted octanol–water partition coefficient (Wildman–Crippen LogP) is 4.71. The van der Waals surface area contributed by atoms with Gasteiger partial charge in [0.15, 0.2) is 5.69 Å². The second-order valence-corrected chi connectivity index (χ2v) is 9.99. The Morgan fingerprint density at radius 1 is 1.11 bits per heavy atom. The van der Waals surface area contributed by atoms with Crippen LogP contribution in [0.5, 0.6) is 0 Å². The molecule has 2 aliphatic rings. The van der Waals surface area contributed by atoms with Gasteiger partial charge in [-0.3, -0.25) is 4.90 Å². The fraction of sp³-hybridized carbons (Fsp3) is 0.458. The lowest BCUT2D eigenvalue weighted by molar-refractivity contribution is -0.141. The number of benzene rings is 1. The third kappa shape index (κ3) is 5.39. The van der Waals surface area contributed by atoms with Gasteiger partial charge in [0, 0.05) is 67.4 Å². The summed E-state index contributed by atoms with van der Waals surface area (Å²) >= 11 is 12.0. The van der Waals surface area contributed by atoms with E-state index in [9.17, 15) is 13.2 Å². The van der Waals surface area contributed by atoms with Crippen LogP contribution in [-0.4, -0.2) is 60.7 Å². The average molecular weight is 527 g/mol. The van der Waals surface area contributed by atoms with Gasteiger partial charge in [-0.05, 0) is 48.2 Å². The Morgan fingerprint density at radius 3 is 2.69 bits per heavy atom. The summed E-state index contributed by atoms with van der Waals surface area (Å²) in [6, 6.07) is 8.72. The minimum Gasteiger partial charge on any atom is -0.369 e. The van der Waals surface area contributed by atoms with Crippen molar-refractivity contribution in [3.8, 4) is 0 Å². The molecule has 1 atom stereocenters. The first kappa shape index (κ1) is 24.6. The third-order valence-electron chi connectivity index (χ3n) is 6.78. The number of pyridine rings is 1. The van der Waals surface area contributed by atoms with Crippen LogP contribution >= 0.6 is 23.2 Å². The van der Waals surface area contributed by atoms with E-state index in [1.54, 1.807) is 0 Å². The predicted molar refractivity (Wildman–Crippen MR) is 133 cm³/mol. The smallest absolute Gasteiger partial charge is 0.369 e. The highest BCUT2D eigenvalue weighted by Crippen LogP contribution is 2.36. The van der Waals surface area contributed by atoms with E-state index in [2.05, 4.69) is 30.8 Å². The Kier molecular flexibility index (Phi) is 7.14. The first-order valence-corrected chi connectivity index (χ1v) is 12.5. The molecule has 5 rings (SSSR count). The van der Waals surface area contributed by atoms with Gasteiger partial charge in [-0.1, -0.05) is 23.2 Å². The van der Waals surface area contributed by atoms with Gasteiger partial charge in [0.1, 0.15) is 5.82 Å². The number of rotatable bonds is 8. The largest absolute Gasteiger partial charge is 0.434 e. The van der Waals surface area contributed by atoms with Gasteiger partial charge < -0.3 is 20.9 Å². The van der Waals surface area contributed by atoms with E-state index in [1.165, 1.54) is 23.4 Å². The van der Waals surface area contributed by atoms with Crippen molar-refractivity contribution < 1.29 is 13.2 Å². The molecule has 11 heteroatoms. The summed E-state index contributed by atoms with van der Waals surface area (Å²) in [5, 5.41) is 11.4. The lowest BCUT2D eigenvalue weighted by Crippen LogP contribution is -2.49. The van der Waals surface area contributed by atoms with E-state index < -0.39 is 16.9 Å².